The monoisotopic (exact) mass is 328 g/mol. The van der Waals surface area contributed by atoms with Crippen molar-refractivity contribution in [3.8, 4) is 5.75 Å². The maximum atomic E-state index is 5.76. The highest BCUT2D eigenvalue weighted by Crippen LogP contribution is 2.44. The van der Waals surface area contributed by atoms with Crippen molar-refractivity contribution in [1.82, 2.24) is 10.1 Å². The summed E-state index contributed by atoms with van der Waals surface area (Å²) in [6.45, 7) is 1.43. The lowest BCUT2D eigenvalue weighted by Gasteiger charge is -2.24. The molecule has 0 saturated heterocycles. The number of ether oxygens (including phenoxy) is 2. The van der Waals surface area contributed by atoms with Crippen molar-refractivity contribution in [3.63, 3.8) is 0 Å². The van der Waals surface area contributed by atoms with Crippen LogP contribution in [-0.4, -0.2) is 30.5 Å². The molecule has 5 nitrogen and oxygen atoms in total. The summed E-state index contributed by atoms with van der Waals surface area (Å²) < 4.78 is 16.8. The zero-order valence-electron chi connectivity index (χ0n) is 14.2. The van der Waals surface area contributed by atoms with Crippen molar-refractivity contribution >= 4 is 0 Å². The van der Waals surface area contributed by atoms with Gasteiger partial charge in [-0.3, -0.25) is 0 Å². The number of fused-ring (bicyclic) bond motifs is 1. The highest BCUT2D eigenvalue weighted by atomic mass is 16.5. The number of rotatable bonds is 5. The van der Waals surface area contributed by atoms with Crippen LogP contribution in [0.25, 0.3) is 0 Å². The Balaban J connectivity index is 1.63. The molecular weight excluding hydrogens is 304 g/mol. The predicted molar refractivity (Wildman–Crippen MR) is 89.3 cm³/mol. The second-order valence-electron chi connectivity index (χ2n) is 6.92. The first-order valence-electron chi connectivity index (χ1n) is 8.87. The van der Waals surface area contributed by atoms with E-state index in [9.17, 15) is 0 Å². The third kappa shape index (κ3) is 2.71. The molecule has 2 aromatic rings. The summed E-state index contributed by atoms with van der Waals surface area (Å²) in [6, 6.07) is 8.16. The van der Waals surface area contributed by atoms with E-state index in [0.29, 0.717) is 6.61 Å². The standard InChI is InChI=1S/C19H24N2O3/c1-22-13-11-19(9-4-5-10-19)18-20-17(21-24-18)15-8-12-23-16-7-3-2-6-14(15)16/h2-3,6-7,15H,4-5,8-13H2,1H3. The first-order valence-corrected chi connectivity index (χ1v) is 8.87. The molecule has 2 heterocycles. The fourth-order valence-electron chi connectivity index (χ4n) is 4.12. The molecule has 1 aliphatic heterocycles. The number of hydrogen-bond acceptors (Lipinski definition) is 5. The van der Waals surface area contributed by atoms with Crippen LogP contribution in [0.4, 0.5) is 0 Å². The van der Waals surface area contributed by atoms with Crippen LogP contribution in [0.15, 0.2) is 28.8 Å². The lowest BCUT2D eigenvalue weighted by molar-refractivity contribution is 0.152. The van der Waals surface area contributed by atoms with E-state index in [-0.39, 0.29) is 11.3 Å². The summed E-state index contributed by atoms with van der Waals surface area (Å²) in [5.41, 5.74) is 1.17. The summed E-state index contributed by atoms with van der Waals surface area (Å²) >= 11 is 0. The summed E-state index contributed by atoms with van der Waals surface area (Å²) in [5.74, 6) is 2.70. The van der Waals surface area contributed by atoms with Crippen LogP contribution in [0.2, 0.25) is 0 Å². The lowest BCUT2D eigenvalue weighted by atomic mass is 9.82. The van der Waals surface area contributed by atoms with E-state index in [1.807, 2.05) is 18.2 Å². The van der Waals surface area contributed by atoms with Crippen LogP contribution < -0.4 is 4.74 Å². The van der Waals surface area contributed by atoms with E-state index in [1.54, 1.807) is 7.11 Å². The normalized spacial score (nSPS) is 22.1. The molecular formula is C19H24N2O3. The van der Waals surface area contributed by atoms with Crippen LogP contribution in [0, 0.1) is 0 Å². The predicted octanol–water partition coefficient (Wildman–Crippen LogP) is 3.83. The first-order chi connectivity index (χ1) is 11.8. The van der Waals surface area contributed by atoms with Crippen molar-refractivity contribution in [2.45, 2.75) is 49.9 Å². The van der Waals surface area contributed by atoms with Crippen LogP contribution in [0.5, 0.6) is 5.75 Å². The summed E-state index contributed by atoms with van der Waals surface area (Å²) in [7, 11) is 1.75. The van der Waals surface area contributed by atoms with Crippen molar-refractivity contribution in [2.75, 3.05) is 20.3 Å². The van der Waals surface area contributed by atoms with Gasteiger partial charge in [0.2, 0.25) is 5.89 Å². The Morgan fingerprint density at radius 2 is 2.08 bits per heavy atom. The number of methoxy groups -OCH3 is 1. The lowest BCUT2D eigenvalue weighted by Crippen LogP contribution is -2.25. The minimum Gasteiger partial charge on any atom is -0.493 e. The molecule has 5 heteroatoms. The summed E-state index contributed by atoms with van der Waals surface area (Å²) in [4.78, 5) is 4.85. The highest BCUT2D eigenvalue weighted by molar-refractivity contribution is 5.40. The van der Waals surface area contributed by atoms with E-state index >= 15 is 0 Å². The molecule has 0 spiro atoms. The molecule has 1 aromatic heterocycles. The second kappa shape index (κ2) is 6.55. The average Bonchev–Trinajstić information content (AvgIpc) is 3.30. The van der Waals surface area contributed by atoms with Crippen molar-refractivity contribution in [1.29, 1.82) is 0 Å². The quantitative estimate of drug-likeness (QED) is 0.835. The number of aromatic nitrogens is 2. The Labute approximate surface area is 142 Å². The molecule has 4 rings (SSSR count). The fraction of sp³-hybridized carbons (Fsp3) is 0.579. The van der Waals surface area contributed by atoms with Gasteiger partial charge in [0, 0.05) is 19.3 Å². The van der Waals surface area contributed by atoms with Gasteiger partial charge >= 0.3 is 0 Å². The highest BCUT2D eigenvalue weighted by Gasteiger charge is 2.41. The van der Waals surface area contributed by atoms with Crippen molar-refractivity contribution < 1.29 is 14.0 Å². The Bertz CT molecular complexity index is 691. The molecule has 1 saturated carbocycles. The molecule has 0 radical (unpaired) electrons. The van der Waals surface area contributed by atoms with Gasteiger partial charge in [0.1, 0.15) is 5.75 Å². The SMILES string of the molecule is COCCC1(c2nc(C3CCOc4ccccc43)no2)CCCC1. The molecule has 1 unspecified atom stereocenters. The average molecular weight is 328 g/mol. The van der Waals surface area contributed by atoms with Gasteiger partial charge in [-0.1, -0.05) is 36.2 Å². The molecule has 24 heavy (non-hydrogen) atoms. The third-order valence-electron chi connectivity index (χ3n) is 5.51. The first kappa shape index (κ1) is 15.6. The van der Waals surface area contributed by atoms with Crippen molar-refractivity contribution in [2.24, 2.45) is 0 Å². The van der Waals surface area contributed by atoms with E-state index < -0.39 is 0 Å². The Hall–Kier alpha value is -1.88. The van der Waals surface area contributed by atoms with Gasteiger partial charge in [0.25, 0.3) is 0 Å². The molecule has 0 N–H and O–H groups in total. The summed E-state index contributed by atoms with van der Waals surface area (Å²) in [6.07, 6.45) is 6.52. The zero-order chi connectivity index (χ0) is 16.4. The molecule has 128 valence electrons. The smallest absolute Gasteiger partial charge is 0.232 e. The van der Waals surface area contributed by atoms with E-state index in [1.165, 1.54) is 12.8 Å². The minimum atomic E-state index is 0.00590. The van der Waals surface area contributed by atoms with Crippen LogP contribution in [0.1, 0.15) is 61.7 Å². The zero-order valence-corrected chi connectivity index (χ0v) is 14.2. The largest absolute Gasteiger partial charge is 0.493 e. The maximum Gasteiger partial charge on any atom is 0.232 e. The molecule has 2 aliphatic rings. The van der Waals surface area contributed by atoms with Gasteiger partial charge in [0.15, 0.2) is 5.82 Å². The second-order valence-corrected chi connectivity index (χ2v) is 6.92. The van der Waals surface area contributed by atoms with Crippen molar-refractivity contribution in [3.05, 3.63) is 41.5 Å². The van der Waals surface area contributed by atoms with Gasteiger partial charge in [-0.25, -0.2) is 0 Å². The number of benzene rings is 1. The van der Waals surface area contributed by atoms with Gasteiger partial charge in [-0.2, -0.15) is 4.98 Å². The maximum absolute atomic E-state index is 5.76. The van der Waals surface area contributed by atoms with Gasteiger partial charge in [0.05, 0.1) is 17.9 Å². The number of para-hydroxylation sites is 1. The fourth-order valence-corrected chi connectivity index (χ4v) is 4.12. The molecule has 1 fully saturated rings. The third-order valence-corrected chi connectivity index (χ3v) is 5.51. The van der Waals surface area contributed by atoms with Gasteiger partial charge < -0.3 is 14.0 Å². The van der Waals surface area contributed by atoms with Crippen LogP contribution in [-0.2, 0) is 10.2 Å². The van der Waals surface area contributed by atoms with Gasteiger partial charge in [-0.15, -0.1) is 0 Å². The van der Waals surface area contributed by atoms with Crippen LogP contribution in [0.3, 0.4) is 0 Å². The van der Waals surface area contributed by atoms with E-state index in [4.69, 9.17) is 19.0 Å². The Kier molecular flexibility index (Phi) is 4.27. The minimum absolute atomic E-state index is 0.00590. The van der Waals surface area contributed by atoms with E-state index in [0.717, 1.165) is 55.3 Å². The Morgan fingerprint density at radius 1 is 1.25 bits per heavy atom. The molecule has 1 atom stereocenters. The Morgan fingerprint density at radius 3 is 2.92 bits per heavy atom. The summed E-state index contributed by atoms with van der Waals surface area (Å²) in [5, 5.41) is 4.35. The van der Waals surface area contributed by atoms with Crippen LogP contribution >= 0.6 is 0 Å². The number of hydrogen-bond donors (Lipinski definition) is 0. The van der Waals surface area contributed by atoms with E-state index in [2.05, 4.69) is 11.2 Å². The molecule has 0 bridgehead atoms. The molecule has 1 aliphatic carbocycles. The number of nitrogens with zero attached hydrogens (tertiary/aromatic N) is 2. The van der Waals surface area contributed by atoms with Gasteiger partial charge in [-0.05, 0) is 31.7 Å². The molecule has 0 amide bonds. The topological polar surface area (TPSA) is 57.4 Å². The molecule has 1 aromatic carbocycles.